The van der Waals surface area contributed by atoms with Crippen LogP contribution in [0.2, 0.25) is 0 Å². The van der Waals surface area contributed by atoms with Crippen molar-refractivity contribution in [3.8, 4) is 0 Å². The van der Waals surface area contributed by atoms with Crippen LogP contribution < -0.4 is 4.72 Å². The fourth-order valence-electron chi connectivity index (χ4n) is 1.92. The predicted molar refractivity (Wildman–Crippen MR) is 87.7 cm³/mol. The summed E-state index contributed by atoms with van der Waals surface area (Å²) in [6.45, 7) is 1.90. The van der Waals surface area contributed by atoms with Crippen LogP contribution in [0.25, 0.3) is 0 Å². The monoisotopic (exact) mass is 383 g/mol. The standard InChI is InChI=1S/C13H10BrN3O2S2/c1-8-4-2-5-9(12(8)14)17-21(18,19)11-7-3-6-10-13(11)16-20-15-10/h2-7,17H,1H3. The molecule has 0 amide bonds. The lowest BCUT2D eigenvalue weighted by Gasteiger charge is -2.12. The van der Waals surface area contributed by atoms with Gasteiger partial charge in [0.15, 0.2) is 0 Å². The van der Waals surface area contributed by atoms with Gasteiger partial charge in [0.2, 0.25) is 0 Å². The van der Waals surface area contributed by atoms with Gasteiger partial charge < -0.3 is 0 Å². The molecule has 0 atom stereocenters. The molecule has 0 aliphatic carbocycles. The Balaban J connectivity index is 2.05. The number of hydrogen-bond donors (Lipinski definition) is 1. The SMILES string of the molecule is Cc1cccc(NS(=O)(=O)c2cccc3c2N=S=N3)c1Br. The van der Waals surface area contributed by atoms with Gasteiger partial charge in [-0.2, -0.15) is 8.73 Å². The molecule has 1 aliphatic heterocycles. The van der Waals surface area contributed by atoms with Crippen molar-refractivity contribution >= 4 is 54.4 Å². The van der Waals surface area contributed by atoms with Crippen molar-refractivity contribution < 1.29 is 8.42 Å². The average Bonchev–Trinajstić information content (AvgIpc) is 2.91. The second-order valence-corrected chi connectivity index (χ2v) is 7.40. The number of fused-ring (bicyclic) bond motifs is 1. The Kier molecular flexibility index (Phi) is 3.68. The molecule has 0 unspecified atom stereocenters. The summed E-state index contributed by atoms with van der Waals surface area (Å²) in [4.78, 5) is 0.127. The maximum absolute atomic E-state index is 12.6. The van der Waals surface area contributed by atoms with Gasteiger partial charge in [-0.3, -0.25) is 4.72 Å². The Morgan fingerprint density at radius 3 is 2.71 bits per heavy atom. The summed E-state index contributed by atoms with van der Waals surface area (Å²) in [6.07, 6.45) is 0. The Morgan fingerprint density at radius 1 is 1.14 bits per heavy atom. The molecule has 0 saturated carbocycles. The molecule has 0 radical (unpaired) electrons. The van der Waals surface area contributed by atoms with E-state index < -0.39 is 10.0 Å². The van der Waals surface area contributed by atoms with Gasteiger partial charge in [-0.15, -0.1) is 0 Å². The van der Waals surface area contributed by atoms with Crippen molar-refractivity contribution in [2.45, 2.75) is 11.8 Å². The largest absolute Gasteiger partial charge is 0.278 e. The third kappa shape index (κ3) is 2.66. The van der Waals surface area contributed by atoms with Crippen LogP contribution in [0.3, 0.4) is 0 Å². The van der Waals surface area contributed by atoms with Crippen molar-refractivity contribution in [2.24, 2.45) is 8.73 Å². The first-order chi connectivity index (χ1) is 9.99. The van der Waals surface area contributed by atoms with E-state index in [1.54, 1.807) is 24.3 Å². The van der Waals surface area contributed by atoms with Gasteiger partial charge in [0.25, 0.3) is 10.0 Å². The zero-order valence-corrected chi connectivity index (χ0v) is 14.1. The van der Waals surface area contributed by atoms with Gasteiger partial charge >= 0.3 is 0 Å². The first kappa shape index (κ1) is 14.4. The number of sulfonamides is 1. The molecular weight excluding hydrogens is 374 g/mol. The van der Waals surface area contributed by atoms with E-state index in [4.69, 9.17) is 0 Å². The van der Waals surface area contributed by atoms with E-state index in [1.807, 2.05) is 13.0 Å². The van der Waals surface area contributed by atoms with E-state index in [1.165, 1.54) is 6.07 Å². The van der Waals surface area contributed by atoms with Crippen LogP contribution in [0.4, 0.5) is 17.1 Å². The minimum atomic E-state index is -3.72. The maximum atomic E-state index is 12.6. The van der Waals surface area contributed by atoms with Crippen molar-refractivity contribution in [3.63, 3.8) is 0 Å². The zero-order chi connectivity index (χ0) is 15.0. The molecule has 108 valence electrons. The van der Waals surface area contributed by atoms with E-state index in [-0.39, 0.29) is 4.90 Å². The number of nitrogens with zero attached hydrogens (tertiary/aromatic N) is 2. The van der Waals surface area contributed by atoms with Gasteiger partial charge in [0, 0.05) is 4.47 Å². The molecule has 3 rings (SSSR count). The van der Waals surface area contributed by atoms with Crippen molar-refractivity contribution in [2.75, 3.05) is 4.72 Å². The molecule has 2 aromatic rings. The van der Waals surface area contributed by atoms with E-state index >= 15 is 0 Å². The van der Waals surface area contributed by atoms with Gasteiger partial charge in [0.05, 0.1) is 17.0 Å². The van der Waals surface area contributed by atoms with Gasteiger partial charge in [-0.1, -0.05) is 18.2 Å². The number of aryl methyl sites for hydroxylation is 1. The first-order valence-corrected chi connectivity index (χ1v) is 8.99. The summed E-state index contributed by atoms with van der Waals surface area (Å²) in [5.41, 5.74) is 2.41. The van der Waals surface area contributed by atoms with E-state index in [9.17, 15) is 8.42 Å². The quantitative estimate of drug-likeness (QED) is 0.732. The van der Waals surface area contributed by atoms with Gasteiger partial charge in [0.1, 0.15) is 16.3 Å². The lowest BCUT2D eigenvalue weighted by Crippen LogP contribution is -2.13. The summed E-state index contributed by atoms with van der Waals surface area (Å²) >= 11 is 4.39. The molecule has 2 aromatic carbocycles. The zero-order valence-electron chi connectivity index (χ0n) is 10.9. The third-order valence-corrected chi connectivity index (χ3v) is 5.97. The van der Waals surface area contributed by atoms with Crippen molar-refractivity contribution in [3.05, 3.63) is 46.4 Å². The number of hydrogen-bond acceptors (Lipinski definition) is 4. The minimum Gasteiger partial charge on any atom is -0.278 e. The van der Waals surface area contributed by atoms with E-state index in [0.29, 0.717) is 17.1 Å². The molecule has 21 heavy (non-hydrogen) atoms. The molecule has 1 N–H and O–H groups in total. The second-order valence-electron chi connectivity index (χ2n) is 4.43. The van der Waals surface area contributed by atoms with Crippen LogP contribution >= 0.6 is 15.9 Å². The molecule has 1 heterocycles. The number of benzene rings is 2. The molecular formula is C13H10BrN3O2S2. The highest BCUT2D eigenvalue weighted by molar-refractivity contribution is 9.10. The summed E-state index contributed by atoms with van der Waals surface area (Å²) in [5.74, 6) is 0. The molecule has 5 nitrogen and oxygen atoms in total. The molecule has 0 saturated heterocycles. The Labute approximate surface area is 134 Å². The molecule has 1 aliphatic rings. The average molecular weight is 384 g/mol. The summed E-state index contributed by atoms with van der Waals surface area (Å²) in [6, 6.07) is 10.3. The highest BCUT2D eigenvalue weighted by Gasteiger charge is 2.23. The summed E-state index contributed by atoms with van der Waals surface area (Å²) in [5, 5.41) is 0. The number of rotatable bonds is 3. The van der Waals surface area contributed by atoms with Crippen LogP contribution in [0.15, 0.2) is 54.5 Å². The first-order valence-electron chi connectivity index (χ1n) is 5.98. The Morgan fingerprint density at radius 2 is 1.90 bits per heavy atom. The fourth-order valence-corrected chi connectivity index (χ4v) is 4.26. The Bertz CT molecular complexity index is 904. The molecule has 0 fully saturated rings. The number of halogens is 1. The van der Waals surface area contributed by atoms with Gasteiger partial charge in [-0.05, 0) is 46.6 Å². The fraction of sp³-hybridized carbons (Fsp3) is 0.0769. The normalized spacial score (nSPS) is 12.9. The lowest BCUT2D eigenvalue weighted by molar-refractivity contribution is 0.601. The number of nitrogens with one attached hydrogen (secondary N) is 1. The van der Waals surface area contributed by atoms with Crippen LogP contribution in [0, 0.1) is 6.92 Å². The summed E-state index contributed by atoms with van der Waals surface area (Å²) in [7, 11) is -3.72. The summed E-state index contributed by atoms with van der Waals surface area (Å²) < 4.78 is 36.6. The van der Waals surface area contributed by atoms with Crippen molar-refractivity contribution in [1.82, 2.24) is 0 Å². The maximum Gasteiger partial charge on any atom is 0.264 e. The molecule has 8 heteroatoms. The Hall–Kier alpha value is -1.51. The third-order valence-electron chi connectivity index (χ3n) is 2.97. The highest BCUT2D eigenvalue weighted by Crippen LogP contribution is 2.38. The second kappa shape index (κ2) is 5.36. The van der Waals surface area contributed by atoms with Gasteiger partial charge in [-0.25, -0.2) is 8.42 Å². The van der Waals surface area contributed by atoms with Crippen LogP contribution in [0.1, 0.15) is 5.56 Å². The van der Waals surface area contributed by atoms with E-state index in [2.05, 4.69) is 29.4 Å². The molecule has 0 spiro atoms. The highest BCUT2D eigenvalue weighted by atomic mass is 79.9. The molecule has 0 bridgehead atoms. The van der Waals surface area contributed by atoms with Crippen LogP contribution in [-0.2, 0) is 21.4 Å². The van der Waals surface area contributed by atoms with E-state index in [0.717, 1.165) is 21.4 Å². The topological polar surface area (TPSA) is 70.9 Å². The lowest BCUT2D eigenvalue weighted by atomic mass is 10.2. The minimum absolute atomic E-state index is 0.127. The predicted octanol–water partition coefficient (Wildman–Crippen LogP) is 4.28. The smallest absolute Gasteiger partial charge is 0.264 e. The number of anilines is 1. The molecule has 0 aromatic heterocycles. The van der Waals surface area contributed by atoms with Crippen LogP contribution in [0.5, 0.6) is 0 Å². The van der Waals surface area contributed by atoms with Crippen LogP contribution in [-0.4, -0.2) is 8.42 Å². The van der Waals surface area contributed by atoms with Crippen molar-refractivity contribution in [1.29, 1.82) is 0 Å².